The first-order chi connectivity index (χ1) is 8.79. The van der Waals surface area contributed by atoms with Crippen molar-refractivity contribution in [3.63, 3.8) is 0 Å². The number of aliphatic hydroxyl groups is 1. The molecule has 3 heteroatoms. The highest BCUT2D eigenvalue weighted by atomic mass is 79.9. The maximum absolute atomic E-state index is 9.38. The van der Waals surface area contributed by atoms with Crippen LogP contribution in [0.2, 0.25) is 0 Å². The van der Waals surface area contributed by atoms with Crippen molar-refractivity contribution in [1.82, 2.24) is 0 Å². The molecule has 2 aromatic rings. The van der Waals surface area contributed by atoms with Crippen molar-refractivity contribution in [3.8, 4) is 16.9 Å². The Kier molecular flexibility index (Phi) is 4.79. The average molecular weight is 307 g/mol. The van der Waals surface area contributed by atoms with Crippen LogP contribution in [0.25, 0.3) is 11.1 Å². The standard InChI is InChI=1S/C15H15BrO2/c16-10-14(17)11-18-15-8-6-13(7-9-15)12-4-2-1-3-5-12/h1-9,14,17H,10-11H2. The van der Waals surface area contributed by atoms with Gasteiger partial charge in [0.1, 0.15) is 12.4 Å². The molecule has 2 rings (SSSR count). The third kappa shape index (κ3) is 3.59. The smallest absolute Gasteiger partial charge is 0.119 e. The molecule has 0 spiro atoms. The Balaban J connectivity index is 2.02. The van der Waals surface area contributed by atoms with E-state index in [2.05, 4.69) is 28.1 Å². The fourth-order valence-corrected chi connectivity index (χ4v) is 1.80. The second-order valence-corrected chi connectivity index (χ2v) is 4.66. The third-order valence-electron chi connectivity index (χ3n) is 2.58. The van der Waals surface area contributed by atoms with Gasteiger partial charge in [-0.15, -0.1) is 0 Å². The average Bonchev–Trinajstić information content (AvgIpc) is 2.46. The van der Waals surface area contributed by atoms with E-state index in [1.807, 2.05) is 42.5 Å². The molecule has 1 atom stereocenters. The van der Waals surface area contributed by atoms with Crippen LogP contribution in [0, 0.1) is 0 Å². The Morgan fingerprint density at radius 3 is 2.17 bits per heavy atom. The van der Waals surface area contributed by atoms with E-state index in [9.17, 15) is 5.11 Å². The molecule has 18 heavy (non-hydrogen) atoms. The predicted octanol–water partition coefficient (Wildman–Crippen LogP) is 3.49. The van der Waals surface area contributed by atoms with E-state index in [-0.39, 0.29) is 0 Å². The van der Waals surface area contributed by atoms with Crippen molar-refractivity contribution in [2.24, 2.45) is 0 Å². The van der Waals surface area contributed by atoms with Gasteiger partial charge in [0.15, 0.2) is 0 Å². The van der Waals surface area contributed by atoms with E-state index < -0.39 is 6.10 Å². The quantitative estimate of drug-likeness (QED) is 0.857. The number of halogens is 1. The highest BCUT2D eigenvalue weighted by Gasteiger charge is 2.03. The molecule has 1 unspecified atom stereocenters. The van der Waals surface area contributed by atoms with Crippen molar-refractivity contribution >= 4 is 15.9 Å². The summed E-state index contributed by atoms with van der Waals surface area (Å²) in [6.07, 6.45) is -0.473. The molecule has 1 N–H and O–H groups in total. The Morgan fingerprint density at radius 1 is 0.944 bits per heavy atom. The minimum absolute atomic E-state index is 0.302. The van der Waals surface area contributed by atoms with Gasteiger partial charge in [-0.25, -0.2) is 0 Å². The van der Waals surface area contributed by atoms with Gasteiger partial charge < -0.3 is 9.84 Å². The molecule has 94 valence electrons. The van der Waals surface area contributed by atoms with Gasteiger partial charge in [-0.05, 0) is 23.3 Å². The number of hydrogen-bond acceptors (Lipinski definition) is 2. The van der Waals surface area contributed by atoms with Crippen LogP contribution < -0.4 is 4.74 Å². The summed E-state index contributed by atoms with van der Waals surface area (Å²) in [5.41, 5.74) is 2.34. The van der Waals surface area contributed by atoms with E-state index in [0.717, 1.165) is 11.3 Å². The summed E-state index contributed by atoms with van der Waals surface area (Å²) in [7, 11) is 0. The largest absolute Gasteiger partial charge is 0.491 e. The van der Waals surface area contributed by atoms with Crippen LogP contribution in [-0.4, -0.2) is 23.1 Å². The van der Waals surface area contributed by atoms with E-state index in [1.54, 1.807) is 0 Å². The lowest BCUT2D eigenvalue weighted by molar-refractivity contribution is 0.127. The summed E-state index contributed by atoms with van der Waals surface area (Å²) < 4.78 is 5.47. The summed E-state index contributed by atoms with van der Waals surface area (Å²) in [6.45, 7) is 0.302. The molecule has 0 fully saturated rings. The maximum atomic E-state index is 9.38. The first kappa shape index (κ1) is 13.1. The SMILES string of the molecule is OC(CBr)COc1ccc(-c2ccccc2)cc1. The van der Waals surface area contributed by atoms with Crippen LogP contribution in [0.5, 0.6) is 5.75 Å². The molecule has 0 saturated heterocycles. The number of ether oxygens (including phenoxy) is 1. The summed E-state index contributed by atoms with van der Waals surface area (Å²) >= 11 is 3.20. The van der Waals surface area contributed by atoms with Crippen LogP contribution in [0.4, 0.5) is 0 Å². The number of hydrogen-bond donors (Lipinski definition) is 1. The fourth-order valence-electron chi connectivity index (χ4n) is 1.61. The lowest BCUT2D eigenvalue weighted by atomic mass is 10.1. The molecular weight excluding hydrogens is 292 g/mol. The van der Waals surface area contributed by atoms with Crippen LogP contribution in [0.1, 0.15) is 0 Å². The summed E-state index contributed by atoms with van der Waals surface area (Å²) in [4.78, 5) is 0. The van der Waals surface area contributed by atoms with Crippen molar-refractivity contribution in [2.45, 2.75) is 6.10 Å². The zero-order chi connectivity index (χ0) is 12.8. The van der Waals surface area contributed by atoms with Crippen molar-refractivity contribution in [2.75, 3.05) is 11.9 Å². The normalized spacial score (nSPS) is 12.1. The second-order valence-electron chi connectivity index (χ2n) is 4.01. The van der Waals surface area contributed by atoms with Gasteiger partial charge in [-0.3, -0.25) is 0 Å². The molecule has 0 amide bonds. The molecule has 2 aromatic carbocycles. The van der Waals surface area contributed by atoms with E-state index in [4.69, 9.17) is 4.74 Å². The van der Waals surface area contributed by atoms with Crippen LogP contribution in [0.3, 0.4) is 0 Å². The molecule has 2 nitrogen and oxygen atoms in total. The Labute approximate surface area is 115 Å². The third-order valence-corrected chi connectivity index (χ3v) is 3.33. The first-order valence-electron chi connectivity index (χ1n) is 5.82. The molecular formula is C15H15BrO2. The predicted molar refractivity (Wildman–Crippen MR) is 77.2 cm³/mol. The Morgan fingerprint density at radius 2 is 1.56 bits per heavy atom. The number of rotatable bonds is 5. The molecule has 0 radical (unpaired) electrons. The molecule has 0 aliphatic rings. The van der Waals surface area contributed by atoms with Crippen LogP contribution in [0.15, 0.2) is 54.6 Å². The molecule has 0 bridgehead atoms. The molecule has 0 heterocycles. The summed E-state index contributed by atoms with van der Waals surface area (Å²) in [5, 5.41) is 9.90. The minimum Gasteiger partial charge on any atom is -0.491 e. The summed E-state index contributed by atoms with van der Waals surface area (Å²) in [6, 6.07) is 18.1. The molecule has 0 aliphatic heterocycles. The van der Waals surface area contributed by atoms with E-state index >= 15 is 0 Å². The van der Waals surface area contributed by atoms with Crippen molar-refractivity contribution in [3.05, 3.63) is 54.6 Å². The minimum atomic E-state index is -0.473. The number of aliphatic hydroxyl groups excluding tert-OH is 1. The number of alkyl halides is 1. The highest BCUT2D eigenvalue weighted by molar-refractivity contribution is 9.09. The number of benzene rings is 2. The monoisotopic (exact) mass is 306 g/mol. The van der Waals surface area contributed by atoms with Gasteiger partial charge >= 0.3 is 0 Å². The topological polar surface area (TPSA) is 29.5 Å². The van der Waals surface area contributed by atoms with Crippen LogP contribution in [-0.2, 0) is 0 Å². The summed E-state index contributed by atoms with van der Waals surface area (Å²) in [5.74, 6) is 0.773. The zero-order valence-corrected chi connectivity index (χ0v) is 11.5. The second kappa shape index (κ2) is 6.57. The van der Waals surface area contributed by atoms with Gasteiger partial charge in [0.2, 0.25) is 0 Å². The zero-order valence-electron chi connectivity index (χ0n) is 9.92. The molecule has 0 aliphatic carbocycles. The van der Waals surface area contributed by atoms with Crippen LogP contribution >= 0.6 is 15.9 Å². The Bertz CT molecular complexity index is 468. The van der Waals surface area contributed by atoms with Gasteiger partial charge in [0.05, 0.1) is 6.10 Å². The fraction of sp³-hybridized carbons (Fsp3) is 0.200. The lowest BCUT2D eigenvalue weighted by Crippen LogP contribution is -2.18. The van der Waals surface area contributed by atoms with E-state index in [1.165, 1.54) is 5.56 Å². The maximum Gasteiger partial charge on any atom is 0.119 e. The van der Waals surface area contributed by atoms with Gasteiger partial charge in [-0.1, -0.05) is 58.4 Å². The van der Waals surface area contributed by atoms with Gasteiger partial charge in [0, 0.05) is 5.33 Å². The van der Waals surface area contributed by atoms with Gasteiger partial charge in [0.25, 0.3) is 0 Å². The highest BCUT2D eigenvalue weighted by Crippen LogP contribution is 2.22. The van der Waals surface area contributed by atoms with Crippen molar-refractivity contribution in [1.29, 1.82) is 0 Å². The first-order valence-corrected chi connectivity index (χ1v) is 6.94. The molecule has 0 aromatic heterocycles. The van der Waals surface area contributed by atoms with E-state index in [0.29, 0.717) is 11.9 Å². The van der Waals surface area contributed by atoms with Crippen molar-refractivity contribution < 1.29 is 9.84 Å². The Hall–Kier alpha value is -1.32. The van der Waals surface area contributed by atoms with Gasteiger partial charge in [-0.2, -0.15) is 0 Å². The molecule has 0 saturated carbocycles. The lowest BCUT2D eigenvalue weighted by Gasteiger charge is -2.10.